The van der Waals surface area contributed by atoms with Gasteiger partial charge in [-0.3, -0.25) is 19.2 Å². The van der Waals surface area contributed by atoms with Crippen molar-refractivity contribution in [2.45, 2.75) is 57.3 Å². The van der Waals surface area contributed by atoms with Gasteiger partial charge in [0.05, 0.1) is 12.5 Å². The third-order valence-electron chi connectivity index (χ3n) is 4.45. The van der Waals surface area contributed by atoms with Crippen molar-refractivity contribution in [1.82, 2.24) is 16.0 Å². The highest BCUT2D eigenvalue weighted by Gasteiger charge is 2.31. The second kappa shape index (κ2) is 15.8. The molecule has 13 heteroatoms. The number of carbonyl (C=O) groups excluding carboxylic acids is 3. The molecule has 0 saturated heterocycles. The zero-order valence-electron chi connectivity index (χ0n) is 18.8. The Kier molecular flexibility index (Phi) is 14.8. The van der Waals surface area contributed by atoms with Crippen molar-refractivity contribution in [1.29, 1.82) is 0 Å². The Morgan fingerprint density at radius 3 is 1.75 bits per heavy atom. The average molecular weight is 495 g/mol. The lowest BCUT2D eigenvalue weighted by atomic mass is 10.0. The second-order valence-corrected chi connectivity index (χ2v) is 9.43. The first kappa shape index (κ1) is 30.0. The molecule has 32 heavy (non-hydrogen) atoms. The van der Waals surface area contributed by atoms with E-state index in [4.69, 9.17) is 10.8 Å². The number of carboxylic acid groups (broad SMARTS) is 2. The van der Waals surface area contributed by atoms with Gasteiger partial charge in [-0.15, -0.1) is 0 Å². The molecule has 7 N–H and O–H groups in total. The van der Waals surface area contributed by atoms with Crippen LogP contribution in [0.2, 0.25) is 0 Å². The summed E-state index contributed by atoms with van der Waals surface area (Å²) in [6.07, 6.45) is 3.55. The summed E-state index contributed by atoms with van der Waals surface area (Å²) >= 11 is 2.91. The first-order valence-corrected chi connectivity index (χ1v) is 12.8. The van der Waals surface area contributed by atoms with Crippen LogP contribution in [0.5, 0.6) is 0 Å². The quantitative estimate of drug-likeness (QED) is 0.163. The molecular formula is C19H34N4O7S2. The van der Waals surface area contributed by atoms with E-state index in [9.17, 15) is 29.1 Å². The summed E-state index contributed by atoms with van der Waals surface area (Å²) in [5.74, 6) is -3.79. The third-order valence-corrected chi connectivity index (χ3v) is 5.73. The molecule has 0 saturated carbocycles. The van der Waals surface area contributed by atoms with Gasteiger partial charge in [-0.2, -0.15) is 23.5 Å². The van der Waals surface area contributed by atoms with E-state index in [1.807, 2.05) is 12.5 Å². The maximum absolute atomic E-state index is 12.8. The van der Waals surface area contributed by atoms with Gasteiger partial charge >= 0.3 is 11.9 Å². The Morgan fingerprint density at radius 2 is 1.31 bits per heavy atom. The fourth-order valence-electron chi connectivity index (χ4n) is 2.61. The van der Waals surface area contributed by atoms with E-state index in [2.05, 4.69) is 16.0 Å². The summed E-state index contributed by atoms with van der Waals surface area (Å²) < 4.78 is 0. The molecule has 3 amide bonds. The van der Waals surface area contributed by atoms with Gasteiger partial charge in [0.2, 0.25) is 17.7 Å². The van der Waals surface area contributed by atoms with Crippen LogP contribution in [0.15, 0.2) is 0 Å². The van der Waals surface area contributed by atoms with Crippen molar-refractivity contribution < 1.29 is 34.2 Å². The lowest BCUT2D eigenvalue weighted by Crippen LogP contribution is -2.58. The van der Waals surface area contributed by atoms with Crippen LogP contribution in [0.4, 0.5) is 0 Å². The molecule has 184 valence electrons. The van der Waals surface area contributed by atoms with Crippen LogP contribution in [0.3, 0.4) is 0 Å². The number of carboxylic acids is 2. The zero-order valence-corrected chi connectivity index (χ0v) is 20.4. The fraction of sp³-hybridized carbons (Fsp3) is 0.737. The van der Waals surface area contributed by atoms with Crippen LogP contribution < -0.4 is 21.7 Å². The van der Waals surface area contributed by atoms with Crippen molar-refractivity contribution in [2.24, 2.45) is 11.7 Å². The predicted molar refractivity (Wildman–Crippen MR) is 124 cm³/mol. The van der Waals surface area contributed by atoms with Gasteiger partial charge in [0.15, 0.2) is 0 Å². The molecule has 0 bridgehead atoms. The van der Waals surface area contributed by atoms with Crippen LogP contribution in [-0.2, 0) is 24.0 Å². The van der Waals surface area contributed by atoms with Crippen LogP contribution in [-0.4, -0.2) is 88.1 Å². The lowest BCUT2D eigenvalue weighted by Gasteiger charge is -2.26. The van der Waals surface area contributed by atoms with Crippen molar-refractivity contribution >= 4 is 53.2 Å². The summed E-state index contributed by atoms with van der Waals surface area (Å²) in [6.45, 7) is 3.35. The highest BCUT2D eigenvalue weighted by molar-refractivity contribution is 7.98. The molecular weight excluding hydrogens is 460 g/mol. The number of amides is 3. The van der Waals surface area contributed by atoms with Crippen LogP contribution in [0.25, 0.3) is 0 Å². The fourth-order valence-corrected chi connectivity index (χ4v) is 3.55. The Morgan fingerprint density at radius 1 is 0.812 bits per heavy atom. The molecule has 0 aromatic heterocycles. The van der Waals surface area contributed by atoms with E-state index in [0.29, 0.717) is 11.5 Å². The molecule has 4 unspecified atom stereocenters. The molecule has 0 spiro atoms. The molecule has 0 heterocycles. The van der Waals surface area contributed by atoms with E-state index in [0.717, 1.165) is 0 Å². The first-order valence-electron chi connectivity index (χ1n) is 10.0. The Balaban J connectivity index is 5.35. The number of nitrogens with one attached hydrogen (secondary N) is 3. The van der Waals surface area contributed by atoms with E-state index in [1.54, 1.807) is 13.8 Å². The summed E-state index contributed by atoms with van der Waals surface area (Å²) in [4.78, 5) is 60.0. The molecule has 0 radical (unpaired) electrons. The zero-order chi connectivity index (χ0) is 24.8. The van der Waals surface area contributed by atoms with Gasteiger partial charge < -0.3 is 31.9 Å². The molecule has 0 aliphatic heterocycles. The van der Waals surface area contributed by atoms with Gasteiger partial charge in [-0.25, -0.2) is 4.79 Å². The van der Waals surface area contributed by atoms with Crippen molar-refractivity contribution in [3.8, 4) is 0 Å². The molecule has 0 aromatic rings. The second-order valence-electron chi connectivity index (χ2n) is 7.46. The summed E-state index contributed by atoms with van der Waals surface area (Å²) in [5, 5.41) is 25.6. The SMILES string of the molecule is CSCCC(NC(=O)C(CCSC)NC(=O)C(NC(=O)C(N)CC(=O)O)C(C)C)C(=O)O. The van der Waals surface area contributed by atoms with Gasteiger partial charge in [0.1, 0.15) is 18.1 Å². The van der Waals surface area contributed by atoms with Crippen molar-refractivity contribution in [3.63, 3.8) is 0 Å². The van der Waals surface area contributed by atoms with Crippen molar-refractivity contribution in [3.05, 3.63) is 0 Å². The molecule has 4 atom stereocenters. The number of hydrogen-bond acceptors (Lipinski definition) is 8. The highest BCUT2D eigenvalue weighted by atomic mass is 32.2. The number of aliphatic carboxylic acids is 2. The van der Waals surface area contributed by atoms with E-state index < -0.39 is 60.2 Å². The summed E-state index contributed by atoms with van der Waals surface area (Å²) in [6, 6.07) is -4.47. The van der Waals surface area contributed by atoms with Gasteiger partial charge in [-0.1, -0.05) is 13.8 Å². The molecule has 0 aromatic carbocycles. The maximum Gasteiger partial charge on any atom is 0.326 e. The predicted octanol–water partition coefficient (Wildman–Crippen LogP) is -0.510. The van der Waals surface area contributed by atoms with Gasteiger partial charge in [0.25, 0.3) is 0 Å². The monoisotopic (exact) mass is 494 g/mol. The largest absolute Gasteiger partial charge is 0.481 e. The van der Waals surface area contributed by atoms with Crippen LogP contribution >= 0.6 is 23.5 Å². The maximum atomic E-state index is 12.8. The summed E-state index contributed by atoms with van der Waals surface area (Å²) in [7, 11) is 0. The van der Waals surface area contributed by atoms with E-state index >= 15 is 0 Å². The smallest absolute Gasteiger partial charge is 0.326 e. The minimum absolute atomic E-state index is 0.234. The van der Waals surface area contributed by atoms with Crippen LogP contribution in [0, 0.1) is 5.92 Å². The van der Waals surface area contributed by atoms with Crippen LogP contribution in [0.1, 0.15) is 33.1 Å². The minimum Gasteiger partial charge on any atom is -0.481 e. The molecule has 0 rings (SSSR count). The Hall–Kier alpha value is -1.99. The number of thioether (sulfide) groups is 2. The summed E-state index contributed by atoms with van der Waals surface area (Å²) in [5.41, 5.74) is 5.56. The van der Waals surface area contributed by atoms with E-state index in [1.165, 1.54) is 23.5 Å². The highest BCUT2D eigenvalue weighted by Crippen LogP contribution is 2.08. The first-order chi connectivity index (χ1) is 14.9. The Labute approximate surface area is 196 Å². The number of carbonyl (C=O) groups is 5. The van der Waals surface area contributed by atoms with Gasteiger partial charge in [0, 0.05) is 0 Å². The number of hydrogen-bond donors (Lipinski definition) is 6. The number of nitrogens with two attached hydrogens (primary N) is 1. The lowest BCUT2D eigenvalue weighted by molar-refractivity contribution is -0.142. The topological polar surface area (TPSA) is 188 Å². The Bertz CT molecular complexity index is 664. The normalized spacial score (nSPS) is 14.7. The number of rotatable bonds is 16. The van der Waals surface area contributed by atoms with Crippen molar-refractivity contribution in [2.75, 3.05) is 24.0 Å². The van der Waals surface area contributed by atoms with Gasteiger partial charge in [-0.05, 0) is 42.8 Å². The van der Waals surface area contributed by atoms with E-state index in [-0.39, 0.29) is 18.8 Å². The molecule has 0 aliphatic rings. The minimum atomic E-state index is -1.33. The molecule has 11 nitrogen and oxygen atoms in total. The molecule has 0 aliphatic carbocycles. The standard InChI is InChI=1S/C19H34N4O7S2/c1-10(2)15(23-16(26)11(20)9-14(24)25)18(28)21-12(5-7-31-3)17(27)22-13(19(29)30)6-8-32-4/h10-13,15H,5-9,20H2,1-4H3,(H,21,28)(H,22,27)(H,23,26)(H,24,25)(H,29,30). The average Bonchev–Trinajstić information content (AvgIpc) is 2.70. The molecule has 0 fully saturated rings. The third kappa shape index (κ3) is 11.6.